The molecule has 160 valence electrons. The second-order valence-electron chi connectivity index (χ2n) is 7.27. The zero-order valence-electron chi connectivity index (χ0n) is 16.0. The lowest BCUT2D eigenvalue weighted by molar-refractivity contribution is -0.142. The maximum Gasteiger partial charge on any atom is 0.433 e. The third-order valence-electron chi connectivity index (χ3n) is 5.27. The molecule has 8 nitrogen and oxygen atoms in total. The highest BCUT2D eigenvalue weighted by Gasteiger charge is 2.37. The van der Waals surface area contributed by atoms with Crippen LogP contribution >= 0.6 is 11.3 Å². The van der Waals surface area contributed by atoms with Crippen LogP contribution in [-0.4, -0.2) is 53.7 Å². The van der Waals surface area contributed by atoms with Gasteiger partial charge in [0.25, 0.3) is 11.7 Å². The van der Waals surface area contributed by atoms with E-state index < -0.39 is 11.9 Å². The van der Waals surface area contributed by atoms with Crippen molar-refractivity contribution in [3.8, 4) is 10.6 Å². The van der Waals surface area contributed by atoms with E-state index in [4.69, 9.17) is 0 Å². The van der Waals surface area contributed by atoms with Crippen LogP contribution in [0.3, 0.4) is 0 Å². The highest BCUT2D eigenvalue weighted by molar-refractivity contribution is 7.13. The van der Waals surface area contributed by atoms with Crippen molar-refractivity contribution < 1.29 is 18.0 Å². The topological polar surface area (TPSA) is 92.1 Å². The number of rotatable bonds is 3. The van der Waals surface area contributed by atoms with Crippen LogP contribution in [0.25, 0.3) is 16.3 Å². The van der Waals surface area contributed by atoms with Gasteiger partial charge in [0.2, 0.25) is 0 Å². The molecule has 0 unspecified atom stereocenters. The molecule has 4 aromatic heterocycles. The minimum atomic E-state index is -4.60. The van der Waals surface area contributed by atoms with Crippen molar-refractivity contribution in [3.63, 3.8) is 0 Å². The predicted octanol–water partition coefficient (Wildman–Crippen LogP) is 3.61. The monoisotopic (exact) mass is 447 g/mol. The number of alkyl halides is 3. The number of hydrogen-bond acceptors (Lipinski definition) is 6. The van der Waals surface area contributed by atoms with Crippen LogP contribution in [0.4, 0.5) is 13.2 Å². The number of carbonyl (C=O) groups excluding carboxylic acids is 1. The van der Waals surface area contributed by atoms with E-state index in [9.17, 15) is 18.0 Å². The minimum Gasteiger partial charge on any atom is -0.337 e. The number of hydrogen-bond donors (Lipinski definition) is 1. The predicted molar refractivity (Wildman–Crippen MR) is 106 cm³/mol. The Labute approximate surface area is 177 Å². The molecule has 0 aromatic carbocycles. The number of aromatic nitrogens is 6. The highest BCUT2D eigenvalue weighted by Crippen LogP contribution is 2.33. The molecular weight excluding hydrogens is 431 g/mol. The van der Waals surface area contributed by atoms with Crippen LogP contribution in [-0.2, 0) is 6.18 Å². The summed E-state index contributed by atoms with van der Waals surface area (Å²) < 4.78 is 41.2. The number of H-pyrrole nitrogens is 1. The Morgan fingerprint density at radius 2 is 2.16 bits per heavy atom. The van der Waals surface area contributed by atoms with Gasteiger partial charge in [-0.05, 0) is 36.4 Å². The Kier molecular flexibility index (Phi) is 4.73. The van der Waals surface area contributed by atoms with Crippen molar-refractivity contribution in [1.82, 2.24) is 34.7 Å². The van der Waals surface area contributed by atoms with Crippen LogP contribution in [0.2, 0.25) is 0 Å². The number of thiophene rings is 1. The fraction of sp³-hybridized carbons (Fsp3) is 0.316. The summed E-state index contributed by atoms with van der Waals surface area (Å²) in [5.74, 6) is -0.708. The third kappa shape index (κ3) is 3.67. The molecule has 5 rings (SSSR count). The van der Waals surface area contributed by atoms with E-state index in [0.29, 0.717) is 23.9 Å². The molecule has 0 radical (unpaired) electrons. The van der Waals surface area contributed by atoms with Gasteiger partial charge in [0.1, 0.15) is 6.33 Å². The van der Waals surface area contributed by atoms with Crippen LogP contribution < -0.4 is 0 Å². The Hall–Kier alpha value is -3.28. The average Bonchev–Trinajstić information content (AvgIpc) is 3.52. The summed E-state index contributed by atoms with van der Waals surface area (Å²) in [6.45, 7) is 0.768. The lowest BCUT2D eigenvalue weighted by atomic mass is 9.94. The molecule has 4 aromatic rings. The molecule has 5 heterocycles. The largest absolute Gasteiger partial charge is 0.433 e. The van der Waals surface area contributed by atoms with Crippen molar-refractivity contribution >= 4 is 23.0 Å². The fourth-order valence-electron chi connectivity index (χ4n) is 3.80. The van der Waals surface area contributed by atoms with Crippen molar-refractivity contribution in [3.05, 3.63) is 53.1 Å². The Bertz CT molecular complexity index is 1230. The number of aromatic amines is 1. The maximum atomic E-state index is 13.5. The molecule has 31 heavy (non-hydrogen) atoms. The van der Waals surface area contributed by atoms with E-state index in [-0.39, 0.29) is 35.5 Å². The molecule has 1 N–H and O–H groups in total. The quantitative estimate of drug-likeness (QED) is 0.518. The zero-order valence-corrected chi connectivity index (χ0v) is 16.8. The summed E-state index contributed by atoms with van der Waals surface area (Å²) in [6.07, 6.45) is -2.28. The van der Waals surface area contributed by atoms with Gasteiger partial charge in [-0.1, -0.05) is 6.07 Å². The Morgan fingerprint density at radius 1 is 1.29 bits per heavy atom. The van der Waals surface area contributed by atoms with E-state index in [1.165, 1.54) is 11.3 Å². The summed E-state index contributed by atoms with van der Waals surface area (Å²) in [6, 6.07) is 6.53. The molecule has 1 aliphatic heterocycles. The maximum absolute atomic E-state index is 13.5. The molecule has 1 fully saturated rings. The van der Waals surface area contributed by atoms with Crippen LogP contribution in [0.1, 0.15) is 40.6 Å². The van der Waals surface area contributed by atoms with Gasteiger partial charge in [0.05, 0.1) is 16.3 Å². The molecular formula is C19H16F3N7OS. The van der Waals surface area contributed by atoms with Crippen molar-refractivity contribution in [2.24, 2.45) is 0 Å². The van der Waals surface area contributed by atoms with Gasteiger partial charge < -0.3 is 4.90 Å². The summed E-state index contributed by atoms with van der Waals surface area (Å²) >= 11 is 1.53. The third-order valence-corrected chi connectivity index (χ3v) is 6.18. The normalized spacial score (nSPS) is 17.4. The molecule has 0 saturated carbocycles. The van der Waals surface area contributed by atoms with Gasteiger partial charge in [-0.3, -0.25) is 9.89 Å². The first-order chi connectivity index (χ1) is 14.9. The molecule has 1 amide bonds. The average molecular weight is 447 g/mol. The highest BCUT2D eigenvalue weighted by atomic mass is 32.1. The van der Waals surface area contributed by atoms with E-state index in [1.54, 1.807) is 11.0 Å². The fourth-order valence-corrected chi connectivity index (χ4v) is 4.49. The Balaban J connectivity index is 1.40. The van der Waals surface area contributed by atoms with E-state index in [2.05, 4.69) is 25.3 Å². The number of likely N-dealkylation sites (tertiary alicyclic amines) is 1. The second-order valence-corrected chi connectivity index (χ2v) is 8.22. The van der Waals surface area contributed by atoms with Gasteiger partial charge in [-0.2, -0.15) is 32.9 Å². The molecule has 0 spiro atoms. The van der Waals surface area contributed by atoms with Crippen LogP contribution in [0, 0.1) is 0 Å². The van der Waals surface area contributed by atoms with Crippen LogP contribution in [0.15, 0.2) is 36.0 Å². The molecule has 12 heteroatoms. The number of fused-ring (bicyclic) bond motifs is 1. The summed E-state index contributed by atoms with van der Waals surface area (Å²) in [5.41, 5.74) is 0.356. The SMILES string of the molecule is O=C(c1cc(-c2cccs2)[nH]n1)N1CCC[C@H](c2cc(C(F)(F)F)n3ncnc3n2)C1. The van der Waals surface area contributed by atoms with E-state index in [1.807, 2.05) is 17.5 Å². The second kappa shape index (κ2) is 7.45. The summed E-state index contributed by atoms with van der Waals surface area (Å²) in [4.78, 5) is 23.7. The van der Waals surface area contributed by atoms with Gasteiger partial charge in [0.15, 0.2) is 11.4 Å². The van der Waals surface area contributed by atoms with Crippen molar-refractivity contribution in [1.29, 1.82) is 0 Å². The Morgan fingerprint density at radius 3 is 2.94 bits per heavy atom. The zero-order chi connectivity index (χ0) is 21.6. The van der Waals surface area contributed by atoms with Gasteiger partial charge >= 0.3 is 6.18 Å². The summed E-state index contributed by atoms with van der Waals surface area (Å²) in [5, 5.41) is 12.6. The molecule has 1 aliphatic rings. The van der Waals surface area contributed by atoms with Gasteiger partial charge in [-0.15, -0.1) is 11.3 Å². The number of nitrogens with zero attached hydrogens (tertiary/aromatic N) is 6. The van der Waals surface area contributed by atoms with E-state index in [0.717, 1.165) is 23.0 Å². The number of piperidine rings is 1. The first kappa shape index (κ1) is 19.7. The lowest BCUT2D eigenvalue weighted by Crippen LogP contribution is -2.39. The number of carbonyl (C=O) groups is 1. The number of halogens is 3. The van der Waals surface area contributed by atoms with Crippen molar-refractivity contribution in [2.75, 3.05) is 13.1 Å². The minimum absolute atomic E-state index is 0.110. The van der Waals surface area contributed by atoms with Gasteiger partial charge in [-0.25, -0.2) is 4.98 Å². The van der Waals surface area contributed by atoms with Crippen molar-refractivity contribution in [2.45, 2.75) is 24.9 Å². The lowest BCUT2D eigenvalue weighted by Gasteiger charge is -2.32. The molecule has 0 aliphatic carbocycles. The van der Waals surface area contributed by atoms with Gasteiger partial charge in [0, 0.05) is 19.0 Å². The molecule has 1 atom stereocenters. The summed E-state index contributed by atoms with van der Waals surface area (Å²) in [7, 11) is 0. The molecule has 0 bridgehead atoms. The number of amides is 1. The standard InChI is InChI=1S/C19H16F3N7OS/c20-19(21,22)16-8-12(25-18-23-10-24-29(16)18)11-3-1-5-28(9-11)17(30)14-7-13(26-27-14)15-4-2-6-31-15/h2,4,6-8,10-11H,1,3,5,9H2,(H,26,27)/t11-/m0/s1. The molecule has 1 saturated heterocycles. The smallest absolute Gasteiger partial charge is 0.337 e. The first-order valence-corrected chi connectivity index (χ1v) is 10.4. The number of nitrogens with one attached hydrogen (secondary N) is 1. The first-order valence-electron chi connectivity index (χ1n) is 9.56. The van der Waals surface area contributed by atoms with Crippen LogP contribution in [0.5, 0.6) is 0 Å². The van der Waals surface area contributed by atoms with E-state index >= 15 is 0 Å².